The molecule has 28 heavy (non-hydrogen) atoms. The average molecular weight is 418 g/mol. The van der Waals surface area contributed by atoms with Crippen molar-refractivity contribution >= 4 is 18.8 Å². The Morgan fingerprint density at radius 3 is 2.11 bits per heavy atom. The van der Waals surface area contributed by atoms with Crippen molar-refractivity contribution in [3.8, 4) is 0 Å². The Kier molecular flexibility index (Phi) is 5.26. The number of aryl methyl sites for hydroxylation is 1. The van der Waals surface area contributed by atoms with Crippen molar-refractivity contribution in [3.63, 3.8) is 0 Å². The first-order chi connectivity index (χ1) is 12.9. The van der Waals surface area contributed by atoms with Gasteiger partial charge in [-0.2, -0.15) is 0 Å². The van der Waals surface area contributed by atoms with E-state index in [2.05, 4.69) is 4.52 Å². The minimum absolute atomic E-state index is 0.0590. The summed E-state index contributed by atoms with van der Waals surface area (Å²) in [5.74, 6) is 0. The molecule has 0 amide bonds. The normalized spacial score (nSPS) is 33.9. The van der Waals surface area contributed by atoms with E-state index in [1.54, 1.807) is 0 Å². The molecule has 7 N–H and O–H groups in total. The highest BCUT2D eigenvalue weighted by Crippen LogP contribution is 2.52. The number of benzene rings is 1. The quantitative estimate of drug-likeness (QED) is 0.220. The van der Waals surface area contributed by atoms with Gasteiger partial charge in [0.2, 0.25) is 0 Å². The first kappa shape index (κ1) is 21.1. The lowest BCUT2D eigenvalue weighted by molar-refractivity contribution is -0.267. The van der Waals surface area contributed by atoms with Crippen molar-refractivity contribution in [2.45, 2.75) is 43.0 Å². The predicted molar refractivity (Wildman–Crippen MR) is 92.1 cm³/mol. The first-order valence-corrected chi connectivity index (χ1v) is 9.63. The fourth-order valence-electron chi connectivity index (χ4n) is 3.41. The van der Waals surface area contributed by atoms with Gasteiger partial charge in [0.25, 0.3) is 0 Å². The zero-order chi connectivity index (χ0) is 21.0. The molecule has 1 aromatic carbocycles. The maximum atomic E-state index is 11.8. The second kappa shape index (κ2) is 6.99. The summed E-state index contributed by atoms with van der Waals surface area (Å²) >= 11 is 0. The molecule has 154 valence electrons. The van der Waals surface area contributed by atoms with Crippen molar-refractivity contribution in [1.82, 2.24) is 0 Å². The highest BCUT2D eigenvalue weighted by molar-refractivity contribution is 7.46. The molecule has 0 unspecified atom stereocenters. The number of aliphatic hydroxyl groups excluding tert-OH is 5. The van der Waals surface area contributed by atoms with E-state index in [4.69, 9.17) is 4.42 Å². The molecule has 1 fully saturated rings. The van der Waals surface area contributed by atoms with Gasteiger partial charge >= 0.3 is 13.4 Å². The van der Waals surface area contributed by atoms with Crippen molar-refractivity contribution < 1.29 is 48.8 Å². The third-order valence-corrected chi connectivity index (χ3v) is 5.40. The Morgan fingerprint density at radius 1 is 1.00 bits per heavy atom. The molecule has 0 bridgehead atoms. The van der Waals surface area contributed by atoms with Gasteiger partial charge in [-0.15, -0.1) is 0 Å². The molecule has 12 heteroatoms. The second-order valence-corrected chi connectivity index (χ2v) is 7.87. The van der Waals surface area contributed by atoms with E-state index in [0.717, 1.165) is 6.07 Å². The second-order valence-electron chi connectivity index (χ2n) is 6.71. The lowest BCUT2D eigenvalue weighted by Gasteiger charge is -2.50. The summed E-state index contributed by atoms with van der Waals surface area (Å²) in [6.07, 6.45) is -10.8. The summed E-state index contributed by atoms with van der Waals surface area (Å²) in [6.45, 7) is 1.51. The molecule has 11 nitrogen and oxygen atoms in total. The molecule has 1 saturated carbocycles. The summed E-state index contributed by atoms with van der Waals surface area (Å²) in [5, 5.41) is 51.3. The SMILES string of the molecule is Cc1cc2ccc([C@@]3(OP(=O)(O)O)[C@@H](O)[C@H](O)[C@@H](O)[C@H](O)[C@@H]3O)cc2oc1=O. The van der Waals surface area contributed by atoms with Gasteiger partial charge in [-0.25, -0.2) is 9.36 Å². The topological polar surface area (TPSA) is 198 Å². The van der Waals surface area contributed by atoms with E-state index in [9.17, 15) is 44.7 Å². The maximum absolute atomic E-state index is 11.8. The first-order valence-electron chi connectivity index (χ1n) is 8.10. The third kappa shape index (κ3) is 3.30. The van der Waals surface area contributed by atoms with Gasteiger partial charge in [-0.05, 0) is 24.6 Å². The molecular weight excluding hydrogens is 399 g/mol. The van der Waals surface area contributed by atoms with E-state index in [0.29, 0.717) is 10.9 Å². The largest absolute Gasteiger partial charge is 0.470 e. The van der Waals surface area contributed by atoms with E-state index >= 15 is 0 Å². The van der Waals surface area contributed by atoms with Crippen LogP contribution in [0.1, 0.15) is 11.1 Å². The highest BCUT2D eigenvalue weighted by atomic mass is 31.2. The molecule has 0 saturated heterocycles. The monoisotopic (exact) mass is 418 g/mol. The van der Waals surface area contributed by atoms with Gasteiger partial charge < -0.3 is 39.7 Å². The van der Waals surface area contributed by atoms with Gasteiger partial charge in [0, 0.05) is 10.9 Å². The Bertz CT molecular complexity index is 980. The van der Waals surface area contributed by atoms with Gasteiger partial charge in [-0.3, -0.25) is 4.52 Å². The minimum atomic E-state index is -5.41. The van der Waals surface area contributed by atoms with Crippen molar-refractivity contribution in [1.29, 1.82) is 0 Å². The Hall–Kier alpha value is -1.66. The van der Waals surface area contributed by atoms with E-state index in [1.165, 1.54) is 25.1 Å². The van der Waals surface area contributed by atoms with Crippen LogP contribution in [0.15, 0.2) is 33.5 Å². The summed E-state index contributed by atoms with van der Waals surface area (Å²) in [4.78, 5) is 30.4. The van der Waals surface area contributed by atoms with Crippen LogP contribution in [-0.2, 0) is 14.7 Å². The highest BCUT2D eigenvalue weighted by Gasteiger charge is 2.62. The van der Waals surface area contributed by atoms with Crippen LogP contribution in [0.25, 0.3) is 11.0 Å². The van der Waals surface area contributed by atoms with Crippen LogP contribution in [0, 0.1) is 6.92 Å². The Balaban J connectivity index is 2.28. The number of hydrogen-bond donors (Lipinski definition) is 7. The summed E-state index contributed by atoms with van der Waals surface area (Å²) < 4.78 is 21.4. The number of hydrogen-bond acceptors (Lipinski definition) is 9. The zero-order valence-corrected chi connectivity index (χ0v) is 15.3. The van der Waals surface area contributed by atoms with Crippen LogP contribution in [0.3, 0.4) is 0 Å². The van der Waals surface area contributed by atoms with E-state index in [1.807, 2.05) is 0 Å². The average Bonchev–Trinajstić information content (AvgIpc) is 2.62. The lowest BCUT2D eigenvalue weighted by Crippen LogP contribution is -2.69. The summed E-state index contributed by atoms with van der Waals surface area (Å²) in [5.41, 5.74) is -3.49. The molecule has 1 aliphatic rings. The molecule has 0 spiro atoms. The molecule has 0 aliphatic heterocycles. The predicted octanol–water partition coefficient (Wildman–Crippen LogP) is -1.78. The van der Waals surface area contributed by atoms with E-state index < -0.39 is 49.6 Å². The van der Waals surface area contributed by atoms with E-state index in [-0.39, 0.29) is 11.1 Å². The molecule has 6 atom stereocenters. The fraction of sp³-hybridized carbons (Fsp3) is 0.438. The summed E-state index contributed by atoms with van der Waals surface area (Å²) in [6, 6.07) is 5.15. The number of aliphatic hydroxyl groups is 5. The third-order valence-electron chi connectivity index (χ3n) is 4.86. The van der Waals surface area contributed by atoms with Crippen molar-refractivity contribution in [2.24, 2.45) is 0 Å². The Labute approximate surface area is 157 Å². The molecule has 3 rings (SSSR count). The molecule has 0 radical (unpaired) electrons. The van der Waals surface area contributed by atoms with Gasteiger partial charge in [0.15, 0.2) is 5.60 Å². The molecular formula is C16H19O11P. The maximum Gasteiger partial charge on any atom is 0.470 e. The molecule has 2 aromatic rings. The molecule has 1 aliphatic carbocycles. The van der Waals surface area contributed by atoms with Crippen LogP contribution in [0.2, 0.25) is 0 Å². The van der Waals surface area contributed by atoms with Crippen LogP contribution >= 0.6 is 7.82 Å². The van der Waals surface area contributed by atoms with Crippen LogP contribution < -0.4 is 5.63 Å². The number of phosphoric ester groups is 1. The molecule has 1 aromatic heterocycles. The van der Waals surface area contributed by atoms with Crippen LogP contribution in [0.5, 0.6) is 0 Å². The Morgan fingerprint density at radius 2 is 1.57 bits per heavy atom. The van der Waals surface area contributed by atoms with Crippen molar-refractivity contribution in [2.75, 3.05) is 0 Å². The lowest BCUT2D eigenvalue weighted by atomic mass is 9.71. The molecule has 1 heterocycles. The van der Waals surface area contributed by atoms with Crippen LogP contribution in [0.4, 0.5) is 0 Å². The number of fused-ring (bicyclic) bond motifs is 1. The standard InChI is InChI=1S/C16H19O11P/c1-6-4-7-2-3-8(5-9(7)26-15(6)22)16(27-28(23,24)25)13(20)11(18)10(17)12(19)14(16)21/h2-5,10-14,17-21H,1H3,(H2,23,24,25)/t10-,11-,12+,13-,14-,16-/m0/s1. The smallest absolute Gasteiger partial charge is 0.423 e. The zero-order valence-electron chi connectivity index (χ0n) is 14.4. The number of rotatable bonds is 3. The van der Waals surface area contributed by atoms with Crippen molar-refractivity contribution in [3.05, 3.63) is 45.8 Å². The van der Waals surface area contributed by atoms with Gasteiger partial charge in [-0.1, -0.05) is 12.1 Å². The van der Waals surface area contributed by atoms with Gasteiger partial charge in [0.1, 0.15) is 36.1 Å². The van der Waals surface area contributed by atoms with Gasteiger partial charge in [0.05, 0.1) is 0 Å². The summed E-state index contributed by atoms with van der Waals surface area (Å²) in [7, 11) is -5.41. The van der Waals surface area contributed by atoms with Crippen LogP contribution in [-0.4, -0.2) is 65.8 Å². The number of phosphoric acid groups is 1. The fourth-order valence-corrected chi connectivity index (χ4v) is 4.13. The minimum Gasteiger partial charge on any atom is -0.423 e.